The average Bonchev–Trinajstić information content (AvgIpc) is 2.42. The Kier molecular flexibility index (Phi) is 3.80. The topological polar surface area (TPSA) is 56.5 Å². The van der Waals surface area contributed by atoms with Gasteiger partial charge in [0.15, 0.2) is 0 Å². The van der Waals surface area contributed by atoms with Gasteiger partial charge in [0.2, 0.25) is 0 Å². The van der Waals surface area contributed by atoms with Crippen molar-refractivity contribution in [3.8, 4) is 11.5 Å². The molecule has 0 heterocycles. The van der Waals surface area contributed by atoms with Gasteiger partial charge in [0.05, 0.1) is 31.3 Å². The molecule has 2 aromatic carbocycles. The summed E-state index contributed by atoms with van der Waals surface area (Å²) in [5, 5.41) is 3.30. The third kappa shape index (κ3) is 2.73. The smallest absolute Gasteiger partial charge is 0.142 e. The number of nitrogen functional groups attached to an aromatic ring is 1. The number of hydrogen-bond acceptors (Lipinski definition) is 4. The molecule has 2 rings (SSSR count). The van der Waals surface area contributed by atoms with Crippen molar-refractivity contribution in [2.75, 3.05) is 25.3 Å². The van der Waals surface area contributed by atoms with Crippen LogP contribution < -0.4 is 20.5 Å². The zero-order chi connectivity index (χ0) is 13.8. The van der Waals surface area contributed by atoms with Crippen molar-refractivity contribution >= 4 is 17.1 Å². The first-order valence-corrected chi connectivity index (χ1v) is 6.00. The van der Waals surface area contributed by atoms with Crippen LogP contribution in [0.2, 0.25) is 0 Å². The number of hydrogen-bond donors (Lipinski definition) is 2. The molecular weight excluding hydrogens is 240 g/mol. The molecule has 0 aliphatic carbocycles. The zero-order valence-electron chi connectivity index (χ0n) is 11.4. The molecule has 0 fully saturated rings. The van der Waals surface area contributed by atoms with Crippen molar-refractivity contribution in [1.82, 2.24) is 0 Å². The van der Waals surface area contributed by atoms with Crippen molar-refractivity contribution in [2.45, 2.75) is 6.92 Å². The van der Waals surface area contributed by atoms with E-state index < -0.39 is 0 Å². The van der Waals surface area contributed by atoms with Crippen LogP contribution in [-0.2, 0) is 0 Å². The van der Waals surface area contributed by atoms with Crippen LogP contribution >= 0.6 is 0 Å². The highest BCUT2D eigenvalue weighted by Crippen LogP contribution is 2.34. The molecule has 0 bridgehead atoms. The van der Waals surface area contributed by atoms with Crippen LogP contribution in [0.1, 0.15) is 5.56 Å². The molecule has 0 unspecified atom stereocenters. The molecule has 0 aromatic heterocycles. The largest absolute Gasteiger partial charge is 0.497 e. The number of rotatable bonds is 4. The summed E-state index contributed by atoms with van der Waals surface area (Å²) in [6.45, 7) is 2.01. The Morgan fingerprint density at radius 2 is 1.84 bits per heavy atom. The van der Waals surface area contributed by atoms with Crippen molar-refractivity contribution in [3.63, 3.8) is 0 Å². The summed E-state index contributed by atoms with van der Waals surface area (Å²) in [5.41, 5.74) is 9.48. The fraction of sp³-hybridized carbons (Fsp3) is 0.200. The molecule has 100 valence electrons. The van der Waals surface area contributed by atoms with Crippen LogP contribution in [-0.4, -0.2) is 14.2 Å². The van der Waals surface area contributed by atoms with Gasteiger partial charge in [-0.25, -0.2) is 0 Å². The van der Waals surface area contributed by atoms with Gasteiger partial charge >= 0.3 is 0 Å². The number of para-hydroxylation sites is 1. The quantitative estimate of drug-likeness (QED) is 0.826. The molecule has 4 heteroatoms. The standard InChI is InChI=1S/C15H18N2O2/c1-10-5-4-6-12(16)15(10)17-13-9-11(18-2)7-8-14(13)19-3/h4-9,17H,16H2,1-3H3. The van der Waals surface area contributed by atoms with Crippen LogP contribution in [0.15, 0.2) is 36.4 Å². The lowest BCUT2D eigenvalue weighted by Crippen LogP contribution is -2.00. The number of aryl methyl sites for hydroxylation is 1. The lowest BCUT2D eigenvalue weighted by molar-refractivity contribution is 0.405. The molecule has 0 saturated heterocycles. The Hall–Kier alpha value is -2.36. The van der Waals surface area contributed by atoms with Gasteiger partial charge in [-0.3, -0.25) is 0 Å². The summed E-state index contributed by atoms with van der Waals surface area (Å²) in [4.78, 5) is 0. The van der Waals surface area contributed by atoms with Gasteiger partial charge in [0.1, 0.15) is 11.5 Å². The fourth-order valence-corrected chi connectivity index (χ4v) is 1.91. The Morgan fingerprint density at radius 1 is 1.05 bits per heavy atom. The SMILES string of the molecule is COc1ccc(OC)c(Nc2c(C)cccc2N)c1. The van der Waals surface area contributed by atoms with Gasteiger partial charge in [0, 0.05) is 6.07 Å². The summed E-state index contributed by atoms with van der Waals surface area (Å²) in [6, 6.07) is 11.4. The maximum Gasteiger partial charge on any atom is 0.142 e. The first-order valence-electron chi connectivity index (χ1n) is 6.00. The predicted molar refractivity (Wildman–Crippen MR) is 78.4 cm³/mol. The number of methoxy groups -OCH3 is 2. The summed E-state index contributed by atoms with van der Waals surface area (Å²) < 4.78 is 10.6. The first kappa shape index (κ1) is 13.1. The van der Waals surface area contributed by atoms with Crippen molar-refractivity contribution < 1.29 is 9.47 Å². The molecule has 0 atom stereocenters. The van der Waals surface area contributed by atoms with E-state index in [2.05, 4.69) is 5.32 Å². The second-order valence-electron chi connectivity index (χ2n) is 4.23. The second kappa shape index (κ2) is 5.52. The van der Waals surface area contributed by atoms with E-state index in [9.17, 15) is 0 Å². The molecule has 0 spiro atoms. The monoisotopic (exact) mass is 258 g/mol. The molecule has 3 N–H and O–H groups in total. The number of ether oxygens (including phenoxy) is 2. The average molecular weight is 258 g/mol. The Bertz CT molecular complexity index is 562. The fourth-order valence-electron chi connectivity index (χ4n) is 1.91. The van der Waals surface area contributed by atoms with E-state index >= 15 is 0 Å². The van der Waals surface area contributed by atoms with Gasteiger partial charge in [-0.15, -0.1) is 0 Å². The molecule has 0 amide bonds. The summed E-state index contributed by atoms with van der Waals surface area (Å²) in [5.74, 6) is 1.50. The molecular formula is C15H18N2O2. The summed E-state index contributed by atoms with van der Waals surface area (Å²) in [6.07, 6.45) is 0. The zero-order valence-corrected chi connectivity index (χ0v) is 11.4. The van der Waals surface area contributed by atoms with E-state index in [1.807, 2.05) is 43.3 Å². The van der Waals surface area contributed by atoms with Gasteiger partial charge in [-0.05, 0) is 30.7 Å². The van der Waals surface area contributed by atoms with E-state index in [-0.39, 0.29) is 0 Å². The summed E-state index contributed by atoms with van der Waals surface area (Å²) in [7, 11) is 3.27. The van der Waals surface area contributed by atoms with E-state index in [0.717, 1.165) is 28.4 Å². The molecule has 2 aromatic rings. The maximum atomic E-state index is 6.00. The Morgan fingerprint density at radius 3 is 2.47 bits per heavy atom. The van der Waals surface area contributed by atoms with Gasteiger partial charge in [0.25, 0.3) is 0 Å². The Balaban J connectivity index is 2.42. The van der Waals surface area contributed by atoms with Crippen LogP contribution in [0.4, 0.5) is 17.1 Å². The van der Waals surface area contributed by atoms with Crippen LogP contribution in [0.3, 0.4) is 0 Å². The van der Waals surface area contributed by atoms with Gasteiger partial charge in [-0.2, -0.15) is 0 Å². The molecule has 0 radical (unpaired) electrons. The molecule has 0 saturated carbocycles. The highest BCUT2D eigenvalue weighted by atomic mass is 16.5. The van der Waals surface area contributed by atoms with Crippen molar-refractivity contribution in [2.24, 2.45) is 0 Å². The third-order valence-corrected chi connectivity index (χ3v) is 2.97. The summed E-state index contributed by atoms with van der Waals surface area (Å²) >= 11 is 0. The van der Waals surface area contributed by atoms with Crippen molar-refractivity contribution in [1.29, 1.82) is 0 Å². The minimum atomic E-state index is 0.699. The van der Waals surface area contributed by atoms with Crippen LogP contribution in [0.5, 0.6) is 11.5 Å². The second-order valence-corrected chi connectivity index (χ2v) is 4.23. The molecule has 4 nitrogen and oxygen atoms in total. The van der Waals surface area contributed by atoms with E-state index in [0.29, 0.717) is 5.69 Å². The minimum Gasteiger partial charge on any atom is -0.497 e. The lowest BCUT2D eigenvalue weighted by atomic mass is 10.1. The maximum absolute atomic E-state index is 6.00. The highest BCUT2D eigenvalue weighted by Gasteiger charge is 2.08. The highest BCUT2D eigenvalue weighted by molar-refractivity contribution is 5.78. The minimum absolute atomic E-state index is 0.699. The third-order valence-electron chi connectivity index (χ3n) is 2.97. The number of anilines is 3. The Labute approximate surface area is 113 Å². The normalized spacial score (nSPS) is 10.1. The number of benzene rings is 2. The molecule has 19 heavy (non-hydrogen) atoms. The van der Waals surface area contributed by atoms with Crippen molar-refractivity contribution in [3.05, 3.63) is 42.0 Å². The lowest BCUT2D eigenvalue weighted by Gasteiger charge is -2.15. The molecule has 0 aliphatic heterocycles. The number of nitrogens with one attached hydrogen (secondary N) is 1. The van der Waals surface area contributed by atoms with E-state index in [4.69, 9.17) is 15.2 Å². The van der Waals surface area contributed by atoms with Gasteiger partial charge < -0.3 is 20.5 Å². The van der Waals surface area contributed by atoms with E-state index in [1.54, 1.807) is 14.2 Å². The predicted octanol–water partition coefficient (Wildman–Crippen LogP) is 3.34. The molecule has 0 aliphatic rings. The first-order chi connectivity index (χ1) is 9.15. The van der Waals surface area contributed by atoms with Crippen LogP contribution in [0, 0.1) is 6.92 Å². The number of nitrogens with two attached hydrogens (primary N) is 1. The van der Waals surface area contributed by atoms with Gasteiger partial charge in [-0.1, -0.05) is 12.1 Å². The van der Waals surface area contributed by atoms with Crippen LogP contribution in [0.25, 0.3) is 0 Å². The van der Waals surface area contributed by atoms with E-state index in [1.165, 1.54) is 0 Å².